The zero-order chi connectivity index (χ0) is 21.3. The number of aromatic nitrogens is 2. The molecule has 1 amide bonds. The van der Waals surface area contributed by atoms with E-state index in [-0.39, 0.29) is 41.0 Å². The molecule has 0 bridgehead atoms. The van der Waals surface area contributed by atoms with Gasteiger partial charge in [-0.25, -0.2) is 18.4 Å². The van der Waals surface area contributed by atoms with E-state index in [1.54, 1.807) is 13.0 Å². The zero-order valence-electron chi connectivity index (χ0n) is 16.1. The molecule has 1 fully saturated rings. The van der Waals surface area contributed by atoms with Crippen molar-refractivity contribution in [2.24, 2.45) is 16.6 Å². The summed E-state index contributed by atoms with van der Waals surface area (Å²) in [4.78, 5) is 31.9. The molecule has 9 nitrogen and oxygen atoms in total. The number of anilines is 1. The highest BCUT2D eigenvalue weighted by Gasteiger charge is 2.31. The van der Waals surface area contributed by atoms with Crippen molar-refractivity contribution < 1.29 is 13.2 Å². The molecule has 0 atom stereocenters. The molecule has 0 aromatic carbocycles. The molecule has 1 aliphatic carbocycles. The van der Waals surface area contributed by atoms with Crippen molar-refractivity contribution in [2.45, 2.75) is 37.6 Å². The van der Waals surface area contributed by atoms with Crippen molar-refractivity contribution in [3.05, 3.63) is 45.5 Å². The monoisotopic (exact) mass is 417 g/mol. The lowest BCUT2D eigenvalue weighted by molar-refractivity contribution is -0.117. The lowest BCUT2D eigenvalue weighted by Crippen LogP contribution is -2.28. The molecule has 154 valence electrons. The minimum atomic E-state index is -3.64. The molecule has 4 N–H and O–H groups in total. The number of pyridine rings is 2. The van der Waals surface area contributed by atoms with E-state index in [9.17, 15) is 18.0 Å². The number of carbonyl (C=O) groups excluding carboxylic acids is 1. The van der Waals surface area contributed by atoms with Gasteiger partial charge in [0.2, 0.25) is 5.91 Å². The standard InChI is InChI=1S/C19H23N5O4S/c1-11-5-15(29(27,28)10-12-3-4-12)18(21)19(26)24(11)16-6-13(8-20)14(9-23-16)7-17(25)22-2/h5-6,9,12H,2-4,7-8,10,20-21H2,1H3. The van der Waals surface area contributed by atoms with Crippen molar-refractivity contribution >= 4 is 28.1 Å². The van der Waals surface area contributed by atoms with E-state index in [2.05, 4.69) is 16.7 Å². The van der Waals surface area contributed by atoms with Crippen molar-refractivity contribution in [1.29, 1.82) is 0 Å². The van der Waals surface area contributed by atoms with Gasteiger partial charge >= 0.3 is 0 Å². The van der Waals surface area contributed by atoms with Gasteiger partial charge in [-0.05, 0) is 55.7 Å². The summed E-state index contributed by atoms with van der Waals surface area (Å²) in [5, 5.41) is 0. The molecule has 0 saturated heterocycles. The Morgan fingerprint density at radius 2 is 2.03 bits per heavy atom. The second-order valence-corrected chi connectivity index (χ2v) is 9.18. The number of nitrogens with two attached hydrogens (primary N) is 2. The summed E-state index contributed by atoms with van der Waals surface area (Å²) in [6, 6.07) is 2.98. The molecule has 0 spiro atoms. The summed E-state index contributed by atoms with van der Waals surface area (Å²) < 4.78 is 26.5. The predicted octanol–water partition coefficient (Wildman–Crippen LogP) is 0.535. The summed E-state index contributed by atoms with van der Waals surface area (Å²) in [6.45, 7) is 4.93. The Morgan fingerprint density at radius 1 is 1.34 bits per heavy atom. The van der Waals surface area contributed by atoms with Crippen LogP contribution in [0.4, 0.5) is 5.69 Å². The van der Waals surface area contributed by atoms with Crippen molar-refractivity contribution in [3.8, 4) is 5.82 Å². The molecule has 0 aliphatic heterocycles. The predicted molar refractivity (Wildman–Crippen MR) is 110 cm³/mol. The molecule has 10 heteroatoms. The molecular weight excluding hydrogens is 394 g/mol. The normalized spacial score (nSPS) is 14.0. The molecule has 0 unspecified atom stereocenters. The first-order valence-electron chi connectivity index (χ1n) is 9.10. The summed E-state index contributed by atoms with van der Waals surface area (Å²) in [5.74, 6) is -0.0442. The maximum absolute atomic E-state index is 12.9. The molecule has 0 radical (unpaired) electrons. The van der Waals surface area contributed by atoms with E-state index in [0.717, 1.165) is 12.8 Å². The van der Waals surface area contributed by atoms with Gasteiger partial charge in [-0.1, -0.05) is 0 Å². The molecule has 29 heavy (non-hydrogen) atoms. The van der Waals surface area contributed by atoms with Gasteiger partial charge in [0.1, 0.15) is 11.5 Å². The van der Waals surface area contributed by atoms with E-state index in [0.29, 0.717) is 16.8 Å². The summed E-state index contributed by atoms with van der Waals surface area (Å²) >= 11 is 0. The average molecular weight is 417 g/mol. The van der Waals surface area contributed by atoms with E-state index >= 15 is 0 Å². The smallest absolute Gasteiger partial charge is 0.280 e. The topological polar surface area (TPSA) is 150 Å². The van der Waals surface area contributed by atoms with Crippen LogP contribution < -0.4 is 17.0 Å². The Hall–Kier alpha value is -2.85. The van der Waals surface area contributed by atoms with Gasteiger partial charge in [-0.3, -0.25) is 14.2 Å². The Morgan fingerprint density at radius 3 is 2.62 bits per heavy atom. The molecule has 1 saturated carbocycles. The Balaban J connectivity index is 2.07. The molecule has 2 aromatic rings. The van der Waals surface area contributed by atoms with Gasteiger partial charge in [0.05, 0.1) is 17.1 Å². The minimum Gasteiger partial charge on any atom is -0.393 e. The number of nitrogen functional groups attached to an aromatic ring is 1. The average Bonchev–Trinajstić information content (AvgIpc) is 3.48. The largest absolute Gasteiger partial charge is 0.393 e. The zero-order valence-corrected chi connectivity index (χ0v) is 16.9. The number of hydrogen-bond acceptors (Lipinski definition) is 7. The quantitative estimate of drug-likeness (QED) is 0.624. The van der Waals surface area contributed by atoms with E-state index in [4.69, 9.17) is 11.5 Å². The van der Waals surface area contributed by atoms with Crippen LogP contribution >= 0.6 is 0 Å². The van der Waals surface area contributed by atoms with Crippen molar-refractivity contribution in [3.63, 3.8) is 0 Å². The number of aryl methyl sites for hydroxylation is 1. The van der Waals surface area contributed by atoms with Gasteiger partial charge in [0.25, 0.3) is 5.56 Å². The highest BCUT2D eigenvalue weighted by molar-refractivity contribution is 7.91. The van der Waals surface area contributed by atoms with Crippen molar-refractivity contribution in [2.75, 3.05) is 11.5 Å². The Kier molecular flexibility index (Phi) is 5.67. The van der Waals surface area contributed by atoms with Gasteiger partial charge in [-0.15, -0.1) is 0 Å². The van der Waals surface area contributed by atoms with Crippen LogP contribution in [-0.4, -0.2) is 36.3 Å². The number of rotatable bonds is 7. The van der Waals surface area contributed by atoms with E-state index in [1.165, 1.54) is 16.8 Å². The fraction of sp³-hybridized carbons (Fsp3) is 0.368. The van der Waals surface area contributed by atoms with Crippen LogP contribution in [0.1, 0.15) is 29.7 Å². The minimum absolute atomic E-state index is 0.00230. The third-order valence-corrected chi connectivity index (χ3v) is 6.83. The fourth-order valence-corrected chi connectivity index (χ4v) is 5.05. The molecule has 3 rings (SSSR count). The first kappa shape index (κ1) is 20.9. The maximum atomic E-state index is 12.9. The fourth-order valence-electron chi connectivity index (χ4n) is 3.15. The SMILES string of the molecule is C=NC(=O)Cc1cnc(-n2c(C)cc(S(=O)(=O)CC3CC3)c(N)c2=O)cc1CN. The van der Waals surface area contributed by atoms with Crippen molar-refractivity contribution in [1.82, 2.24) is 9.55 Å². The lowest BCUT2D eigenvalue weighted by Gasteiger charge is -2.15. The van der Waals surface area contributed by atoms with E-state index < -0.39 is 21.3 Å². The van der Waals surface area contributed by atoms with Gasteiger partial charge in [-0.2, -0.15) is 0 Å². The third-order valence-electron chi connectivity index (χ3n) is 4.91. The molecular formula is C19H23N5O4S. The number of sulfone groups is 1. The second kappa shape index (κ2) is 7.88. The Labute approximate surface area is 168 Å². The van der Waals surface area contributed by atoms with Crippen LogP contribution in [-0.2, 0) is 27.6 Å². The third kappa shape index (κ3) is 4.28. The van der Waals surface area contributed by atoms with Gasteiger partial charge < -0.3 is 11.5 Å². The summed E-state index contributed by atoms with van der Waals surface area (Å²) in [6.07, 6.45) is 3.19. The van der Waals surface area contributed by atoms with Gasteiger partial charge in [0, 0.05) is 18.4 Å². The number of hydrogen-bond donors (Lipinski definition) is 2. The molecule has 2 aromatic heterocycles. The first-order valence-corrected chi connectivity index (χ1v) is 10.8. The number of carbonyl (C=O) groups is 1. The summed E-state index contributed by atoms with van der Waals surface area (Å²) in [7, 11) is -3.64. The maximum Gasteiger partial charge on any atom is 0.280 e. The van der Waals surface area contributed by atoms with Crippen LogP contribution in [0.15, 0.2) is 33.0 Å². The Bertz CT molecular complexity index is 1150. The molecule has 1 aliphatic rings. The van der Waals surface area contributed by atoms with Crippen LogP contribution in [0.5, 0.6) is 0 Å². The summed E-state index contributed by atoms with van der Waals surface area (Å²) in [5.41, 5.74) is 12.3. The van der Waals surface area contributed by atoms with Crippen LogP contribution in [0.25, 0.3) is 5.82 Å². The number of nitrogens with zero attached hydrogens (tertiary/aromatic N) is 3. The number of amides is 1. The first-order chi connectivity index (χ1) is 13.7. The highest BCUT2D eigenvalue weighted by Crippen LogP contribution is 2.33. The van der Waals surface area contributed by atoms with Crippen LogP contribution in [0.3, 0.4) is 0 Å². The molecule has 2 heterocycles. The van der Waals surface area contributed by atoms with Gasteiger partial charge in [0.15, 0.2) is 9.84 Å². The van der Waals surface area contributed by atoms with Crippen LogP contribution in [0.2, 0.25) is 0 Å². The van der Waals surface area contributed by atoms with Crippen LogP contribution in [0, 0.1) is 12.8 Å². The second-order valence-electron chi connectivity index (χ2n) is 7.17. The lowest BCUT2D eigenvalue weighted by atomic mass is 10.1. The number of aliphatic imine (C=N–C) groups is 1. The highest BCUT2D eigenvalue weighted by atomic mass is 32.2. The van der Waals surface area contributed by atoms with E-state index in [1.807, 2.05) is 0 Å².